The van der Waals surface area contributed by atoms with Crippen molar-refractivity contribution in [3.63, 3.8) is 0 Å². The van der Waals surface area contributed by atoms with Crippen LogP contribution < -0.4 is 4.74 Å². The van der Waals surface area contributed by atoms with Gasteiger partial charge in [-0.05, 0) is 13.0 Å². The molecule has 88 valence electrons. The van der Waals surface area contributed by atoms with Crippen LogP contribution in [0.15, 0.2) is 24.3 Å². The van der Waals surface area contributed by atoms with Gasteiger partial charge in [0.1, 0.15) is 5.75 Å². The first-order valence-corrected chi connectivity index (χ1v) is 5.16. The van der Waals surface area contributed by atoms with E-state index in [1.807, 2.05) is 6.92 Å². The van der Waals surface area contributed by atoms with Gasteiger partial charge < -0.3 is 9.84 Å². The van der Waals surface area contributed by atoms with Gasteiger partial charge in [-0.2, -0.15) is 0 Å². The molecule has 0 aliphatic carbocycles. The average Bonchev–Trinajstić information content (AvgIpc) is 2.28. The third-order valence-electron chi connectivity index (χ3n) is 2.38. The van der Waals surface area contributed by atoms with E-state index in [2.05, 4.69) is 0 Å². The number of carboxylic acids is 1. The number of hydrogen-bond donors (Lipinski definition) is 1. The molecule has 0 fully saturated rings. The van der Waals surface area contributed by atoms with Crippen LogP contribution in [-0.4, -0.2) is 23.9 Å². The van der Waals surface area contributed by atoms with Crippen molar-refractivity contribution in [2.45, 2.75) is 25.9 Å². The summed E-state index contributed by atoms with van der Waals surface area (Å²) in [4.78, 5) is 10.6. The van der Waals surface area contributed by atoms with Crippen LogP contribution in [-0.2, 0) is 4.79 Å². The second-order valence-corrected chi connectivity index (χ2v) is 3.50. The van der Waals surface area contributed by atoms with Crippen LogP contribution in [0.2, 0.25) is 0 Å². The number of para-hydroxylation sites is 1. The standard InChI is InChI=1S/C12H15FO3/c1-3-16-10-7-5-4-6-9(10)8(2)11(13)12(14)15/h4-8,11H,3H2,1-2H3,(H,14,15). The molecule has 4 heteroatoms. The molecule has 0 radical (unpaired) electrons. The Morgan fingerprint density at radius 1 is 1.50 bits per heavy atom. The largest absolute Gasteiger partial charge is 0.494 e. The molecule has 0 bridgehead atoms. The van der Waals surface area contributed by atoms with Crippen molar-refractivity contribution in [1.82, 2.24) is 0 Å². The Hall–Kier alpha value is -1.58. The maximum atomic E-state index is 13.4. The predicted octanol–water partition coefficient (Wildman–Crippen LogP) is 2.61. The summed E-state index contributed by atoms with van der Waals surface area (Å²) >= 11 is 0. The van der Waals surface area contributed by atoms with Crippen molar-refractivity contribution in [3.8, 4) is 5.75 Å². The monoisotopic (exact) mass is 226 g/mol. The molecule has 1 aromatic rings. The summed E-state index contributed by atoms with van der Waals surface area (Å²) in [6.45, 7) is 3.83. The number of hydrogen-bond acceptors (Lipinski definition) is 2. The van der Waals surface area contributed by atoms with E-state index < -0.39 is 18.1 Å². The molecule has 0 amide bonds. The number of rotatable bonds is 5. The molecule has 1 N–H and O–H groups in total. The Kier molecular flexibility index (Phi) is 4.28. The second-order valence-electron chi connectivity index (χ2n) is 3.50. The predicted molar refractivity (Wildman–Crippen MR) is 58.6 cm³/mol. The third kappa shape index (κ3) is 2.72. The van der Waals surface area contributed by atoms with Crippen molar-refractivity contribution in [3.05, 3.63) is 29.8 Å². The Morgan fingerprint density at radius 2 is 2.12 bits per heavy atom. The summed E-state index contributed by atoms with van der Waals surface area (Å²) in [6, 6.07) is 6.91. The zero-order valence-corrected chi connectivity index (χ0v) is 9.31. The molecule has 0 spiro atoms. The van der Waals surface area contributed by atoms with Gasteiger partial charge in [0.15, 0.2) is 0 Å². The van der Waals surface area contributed by atoms with Crippen molar-refractivity contribution in [2.75, 3.05) is 6.61 Å². The van der Waals surface area contributed by atoms with Gasteiger partial charge >= 0.3 is 5.97 Å². The number of alkyl halides is 1. The lowest BCUT2D eigenvalue weighted by molar-refractivity contribution is -0.143. The molecule has 0 saturated carbocycles. The quantitative estimate of drug-likeness (QED) is 0.839. The number of benzene rings is 1. The number of carboxylic acid groups (broad SMARTS) is 1. The topological polar surface area (TPSA) is 46.5 Å². The maximum Gasteiger partial charge on any atom is 0.338 e. The molecule has 16 heavy (non-hydrogen) atoms. The van der Waals surface area contributed by atoms with Crippen LogP contribution >= 0.6 is 0 Å². The van der Waals surface area contributed by atoms with Crippen LogP contribution in [0, 0.1) is 0 Å². The van der Waals surface area contributed by atoms with Crippen molar-refractivity contribution >= 4 is 5.97 Å². The van der Waals surface area contributed by atoms with Crippen LogP contribution in [0.4, 0.5) is 4.39 Å². The SMILES string of the molecule is CCOc1ccccc1C(C)C(F)C(=O)O. The second kappa shape index (κ2) is 5.49. The summed E-state index contributed by atoms with van der Waals surface area (Å²) in [5.41, 5.74) is 0.583. The molecule has 2 unspecified atom stereocenters. The van der Waals surface area contributed by atoms with E-state index >= 15 is 0 Å². The minimum absolute atomic E-state index is 0.466. The smallest absolute Gasteiger partial charge is 0.338 e. The van der Waals surface area contributed by atoms with E-state index in [1.54, 1.807) is 24.3 Å². The molecule has 1 rings (SSSR count). The molecule has 0 aliphatic heterocycles. The zero-order chi connectivity index (χ0) is 12.1. The van der Waals surface area contributed by atoms with Gasteiger partial charge in [-0.15, -0.1) is 0 Å². The molecular weight excluding hydrogens is 211 g/mol. The third-order valence-corrected chi connectivity index (χ3v) is 2.38. The summed E-state index contributed by atoms with van der Waals surface area (Å²) in [5, 5.41) is 8.62. The van der Waals surface area contributed by atoms with Gasteiger partial charge in [0.2, 0.25) is 6.17 Å². The van der Waals surface area contributed by atoms with Crippen molar-refractivity contribution in [2.24, 2.45) is 0 Å². The first-order chi connectivity index (χ1) is 7.57. The highest BCUT2D eigenvalue weighted by Gasteiger charge is 2.27. The van der Waals surface area contributed by atoms with Gasteiger partial charge in [-0.3, -0.25) is 0 Å². The summed E-state index contributed by atoms with van der Waals surface area (Å²) < 4.78 is 18.7. The fourth-order valence-corrected chi connectivity index (χ4v) is 1.52. The van der Waals surface area contributed by atoms with E-state index in [1.165, 1.54) is 6.92 Å². The maximum absolute atomic E-state index is 13.4. The van der Waals surface area contributed by atoms with E-state index in [4.69, 9.17) is 9.84 Å². The molecule has 3 nitrogen and oxygen atoms in total. The first-order valence-electron chi connectivity index (χ1n) is 5.16. The Bertz CT molecular complexity index is 365. The summed E-state index contributed by atoms with van der Waals surface area (Å²) in [7, 11) is 0. The molecule has 1 aromatic carbocycles. The zero-order valence-electron chi connectivity index (χ0n) is 9.31. The normalized spacial score (nSPS) is 14.2. The van der Waals surface area contributed by atoms with Crippen LogP contribution in [0.25, 0.3) is 0 Å². The molecule has 0 saturated heterocycles. The number of aliphatic carboxylic acids is 1. The van der Waals surface area contributed by atoms with Gasteiger partial charge in [-0.25, -0.2) is 9.18 Å². The lowest BCUT2D eigenvalue weighted by Crippen LogP contribution is -2.21. The highest BCUT2D eigenvalue weighted by atomic mass is 19.1. The minimum atomic E-state index is -1.92. The Morgan fingerprint density at radius 3 is 2.69 bits per heavy atom. The van der Waals surface area contributed by atoms with Crippen LogP contribution in [0.1, 0.15) is 25.3 Å². The van der Waals surface area contributed by atoms with E-state index in [9.17, 15) is 9.18 Å². The Labute approximate surface area is 93.9 Å². The highest BCUT2D eigenvalue weighted by Crippen LogP contribution is 2.30. The molecule has 0 heterocycles. The minimum Gasteiger partial charge on any atom is -0.494 e. The summed E-state index contributed by atoms with van der Waals surface area (Å²) in [5.74, 6) is -1.62. The van der Waals surface area contributed by atoms with Crippen LogP contribution in [0.3, 0.4) is 0 Å². The van der Waals surface area contributed by atoms with Crippen molar-refractivity contribution < 1.29 is 19.0 Å². The Balaban J connectivity index is 2.97. The number of ether oxygens (including phenoxy) is 1. The van der Waals surface area contributed by atoms with E-state index in [-0.39, 0.29) is 0 Å². The van der Waals surface area contributed by atoms with Crippen LogP contribution in [0.5, 0.6) is 5.75 Å². The average molecular weight is 226 g/mol. The first kappa shape index (κ1) is 12.5. The molecular formula is C12H15FO3. The van der Waals surface area contributed by atoms with E-state index in [0.717, 1.165) is 0 Å². The summed E-state index contributed by atoms with van der Waals surface area (Å²) in [6.07, 6.45) is -1.92. The van der Waals surface area contributed by atoms with Gasteiger partial charge in [0, 0.05) is 11.5 Å². The molecule has 0 aliphatic rings. The molecule has 2 atom stereocenters. The fraction of sp³-hybridized carbons (Fsp3) is 0.417. The number of carbonyl (C=O) groups is 1. The van der Waals surface area contributed by atoms with Gasteiger partial charge in [0.25, 0.3) is 0 Å². The highest BCUT2D eigenvalue weighted by molar-refractivity contribution is 5.73. The lowest BCUT2D eigenvalue weighted by Gasteiger charge is -2.17. The fourth-order valence-electron chi connectivity index (χ4n) is 1.52. The molecule has 0 aromatic heterocycles. The van der Waals surface area contributed by atoms with Crippen molar-refractivity contribution in [1.29, 1.82) is 0 Å². The lowest BCUT2D eigenvalue weighted by atomic mass is 9.95. The number of halogens is 1. The van der Waals surface area contributed by atoms with Gasteiger partial charge in [0.05, 0.1) is 6.61 Å². The van der Waals surface area contributed by atoms with Gasteiger partial charge in [-0.1, -0.05) is 25.1 Å². The van der Waals surface area contributed by atoms with E-state index in [0.29, 0.717) is 17.9 Å².